The first-order valence-corrected chi connectivity index (χ1v) is 3.76. The van der Waals surface area contributed by atoms with E-state index in [0.29, 0.717) is 5.75 Å². The molecule has 2 N–H and O–H groups in total. The number of amides is 1. The summed E-state index contributed by atoms with van der Waals surface area (Å²) in [5.41, 5.74) is 5.09. The highest BCUT2D eigenvalue weighted by atomic mass is 16.6. The number of rotatable bonds is 3. The summed E-state index contributed by atoms with van der Waals surface area (Å²) in [7, 11) is 0. The molecule has 0 aliphatic heterocycles. The first-order chi connectivity index (χ1) is 6.20. The minimum atomic E-state index is -0.587. The zero-order valence-electron chi connectivity index (χ0n) is 7.23. The van der Waals surface area contributed by atoms with Crippen LogP contribution in [0.25, 0.3) is 0 Å². The van der Waals surface area contributed by atoms with Gasteiger partial charge in [-0.15, -0.1) is 0 Å². The van der Waals surface area contributed by atoms with Crippen molar-refractivity contribution in [2.45, 2.75) is 6.92 Å². The van der Waals surface area contributed by atoms with E-state index in [9.17, 15) is 4.79 Å². The lowest BCUT2D eigenvalue weighted by Gasteiger charge is -1.97. The Morgan fingerprint density at radius 3 is 2.54 bits per heavy atom. The van der Waals surface area contributed by atoms with Crippen molar-refractivity contribution in [3.05, 3.63) is 30.3 Å². The molecule has 0 spiro atoms. The summed E-state index contributed by atoms with van der Waals surface area (Å²) in [6, 6.07) is 8.95. The predicted octanol–water partition coefficient (Wildman–Crippen LogP) is 0.927. The largest absolute Gasteiger partial charge is 0.364 e. The van der Waals surface area contributed by atoms with Crippen LogP contribution in [0, 0.1) is 0 Å². The van der Waals surface area contributed by atoms with Crippen molar-refractivity contribution in [1.29, 1.82) is 0 Å². The van der Waals surface area contributed by atoms with E-state index in [1.54, 1.807) is 12.1 Å². The Labute approximate surface area is 76.0 Å². The molecule has 0 radical (unpaired) electrons. The van der Waals surface area contributed by atoms with E-state index in [0.717, 1.165) is 0 Å². The van der Waals surface area contributed by atoms with Gasteiger partial charge in [0.05, 0.1) is 0 Å². The molecule has 0 fully saturated rings. The summed E-state index contributed by atoms with van der Waals surface area (Å²) in [6.45, 7) is 1.49. The highest BCUT2D eigenvalue weighted by molar-refractivity contribution is 6.37. The van der Waals surface area contributed by atoms with Crippen LogP contribution in [0.5, 0.6) is 5.75 Å². The van der Waals surface area contributed by atoms with E-state index in [-0.39, 0.29) is 5.71 Å². The molecule has 1 amide bonds. The van der Waals surface area contributed by atoms with Crippen LogP contribution < -0.4 is 10.6 Å². The number of nitrogens with zero attached hydrogens (tertiary/aromatic N) is 1. The van der Waals surface area contributed by atoms with Crippen molar-refractivity contribution in [1.82, 2.24) is 0 Å². The quantitative estimate of drug-likeness (QED) is 0.552. The molecule has 4 heteroatoms. The molecule has 1 aromatic rings. The molecule has 0 unspecified atom stereocenters. The van der Waals surface area contributed by atoms with Gasteiger partial charge >= 0.3 is 0 Å². The molecule has 0 aliphatic rings. The number of carbonyl (C=O) groups is 1. The van der Waals surface area contributed by atoms with E-state index >= 15 is 0 Å². The van der Waals surface area contributed by atoms with E-state index < -0.39 is 5.91 Å². The standard InChI is InChI=1S/C9H10N2O2/c1-7(9(10)12)11-13-8-5-3-2-4-6-8/h2-6H,1H3,(H2,10,12)/b11-7+. The molecule has 0 saturated carbocycles. The molecule has 68 valence electrons. The second-order valence-corrected chi connectivity index (χ2v) is 2.45. The van der Waals surface area contributed by atoms with Crippen LogP contribution in [-0.4, -0.2) is 11.6 Å². The Balaban J connectivity index is 2.62. The maximum absolute atomic E-state index is 10.5. The Morgan fingerprint density at radius 1 is 1.38 bits per heavy atom. The molecule has 13 heavy (non-hydrogen) atoms. The van der Waals surface area contributed by atoms with Gasteiger partial charge in [0.15, 0.2) is 5.75 Å². The second kappa shape index (κ2) is 4.25. The van der Waals surface area contributed by atoms with Crippen LogP contribution in [0.2, 0.25) is 0 Å². The van der Waals surface area contributed by atoms with Gasteiger partial charge in [-0.25, -0.2) is 0 Å². The lowest BCUT2D eigenvalue weighted by atomic mass is 10.3. The van der Waals surface area contributed by atoms with Gasteiger partial charge in [-0.3, -0.25) is 4.79 Å². The van der Waals surface area contributed by atoms with Crippen molar-refractivity contribution < 1.29 is 9.63 Å². The summed E-state index contributed by atoms with van der Waals surface area (Å²) < 4.78 is 0. The fourth-order valence-corrected chi connectivity index (χ4v) is 0.648. The van der Waals surface area contributed by atoms with Gasteiger partial charge in [0.1, 0.15) is 5.71 Å². The monoisotopic (exact) mass is 178 g/mol. The van der Waals surface area contributed by atoms with Crippen LogP contribution in [-0.2, 0) is 4.79 Å². The molecular weight excluding hydrogens is 168 g/mol. The predicted molar refractivity (Wildman–Crippen MR) is 49.4 cm³/mol. The number of oxime groups is 1. The first-order valence-electron chi connectivity index (χ1n) is 3.76. The van der Waals surface area contributed by atoms with E-state index in [1.165, 1.54) is 6.92 Å². The zero-order chi connectivity index (χ0) is 9.68. The molecule has 0 aromatic heterocycles. The van der Waals surface area contributed by atoms with Gasteiger partial charge in [-0.1, -0.05) is 23.4 Å². The van der Waals surface area contributed by atoms with Gasteiger partial charge in [-0.05, 0) is 19.1 Å². The topological polar surface area (TPSA) is 64.7 Å². The first kappa shape index (κ1) is 9.25. The molecule has 0 atom stereocenters. The molecule has 1 aromatic carbocycles. The number of carbonyl (C=O) groups excluding carboxylic acids is 1. The molecule has 0 heterocycles. The molecule has 0 bridgehead atoms. The van der Waals surface area contributed by atoms with Crippen molar-refractivity contribution >= 4 is 11.6 Å². The Morgan fingerprint density at radius 2 is 2.00 bits per heavy atom. The lowest BCUT2D eigenvalue weighted by molar-refractivity contribution is -0.112. The number of hydrogen-bond acceptors (Lipinski definition) is 3. The molecular formula is C9H10N2O2. The third kappa shape index (κ3) is 2.94. The van der Waals surface area contributed by atoms with Crippen LogP contribution in [0.3, 0.4) is 0 Å². The number of nitrogens with two attached hydrogens (primary N) is 1. The van der Waals surface area contributed by atoms with Gasteiger partial charge in [0.2, 0.25) is 0 Å². The van der Waals surface area contributed by atoms with Gasteiger partial charge < -0.3 is 10.6 Å². The summed E-state index contributed by atoms with van der Waals surface area (Å²) in [4.78, 5) is 15.4. The average molecular weight is 178 g/mol. The Bertz CT molecular complexity index is 320. The van der Waals surface area contributed by atoms with Crippen molar-refractivity contribution in [3.63, 3.8) is 0 Å². The number of para-hydroxylation sites is 1. The summed E-state index contributed by atoms with van der Waals surface area (Å²) in [5.74, 6) is -0.0148. The molecule has 4 nitrogen and oxygen atoms in total. The summed E-state index contributed by atoms with van der Waals surface area (Å²) >= 11 is 0. The average Bonchev–Trinajstić information content (AvgIpc) is 2.15. The van der Waals surface area contributed by atoms with Crippen molar-refractivity contribution in [2.24, 2.45) is 10.9 Å². The zero-order valence-corrected chi connectivity index (χ0v) is 7.23. The Kier molecular flexibility index (Phi) is 3.03. The van der Waals surface area contributed by atoms with Crippen molar-refractivity contribution in [2.75, 3.05) is 0 Å². The van der Waals surface area contributed by atoms with E-state index in [4.69, 9.17) is 10.6 Å². The highest BCUT2D eigenvalue weighted by Gasteiger charge is 1.98. The van der Waals surface area contributed by atoms with E-state index in [1.807, 2.05) is 18.2 Å². The summed E-state index contributed by atoms with van der Waals surface area (Å²) in [5, 5.41) is 3.54. The maximum Gasteiger partial charge on any atom is 0.266 e. The van der Waals surface area contributed by atoms with Gasteiger partial charge in [-0.2, -0.15) is 0 Å². The normalized spacial score (nSPS) is 11.0. The minimum Gasteiger partial charge on any atom is -0.364 e. The summed E-state index contributed by atoms with van der Waals surface area (Å²) in [6.07, 6.45) is 0. The Hall–Kier alpha value is -1.84. The van der Waals surface area contributed by atoms with Gasteiger partial charge in [0.25, 0.3) is 5.91 Å². The number of benzene rings is 1. The lowest BCUT2D eigenvalue weighted by Crippen LogP contribution is -2.20. The van der Waals surface area contributed by atoms with Crippen LogP contribution in [0.1, 0.15) is 6.92 Å². The van der Waals surface area contributed by atoms with Crippen LogP contribution in [0.15, 0.2) is 35.5 Å². The maximum atomic E-state index is 10.5. The molecule has 0 saturated heterocycles. The fraction of sp³-hybridized carbons (Fsp3) is 0.111. The van der Waals surface area contributed by atoms with Crippen molar-refractivity contribution in [3.8, 4) is 5.75 Å². The van der Waals surface area contributed by atoms with E-state index in [2.05, 4.69) is 5.16 Å². The third-order valence-corrected chi connectivity index (χ3v) is 1.39. The van der Waals surface area contributed by atoms with Gasteiger partial charge in [0, 0.05) is 0 Å². The smallest absolute Gasteiger partial charge is 0.266 e. The number of hydrogen-bond donors (Lipinski definition) is 1. The van der Waals surface area contributed by atoms with Crippen LogP contribution in [0.4, 0.5) is 0 Å². The minimum absolute atomic E-state index is 0.142. The number of primary amides is 1. The molecule has 0 aliphatic carbocycles. The van der Waals surface area contributed by atoms with Crippen LogP contribution >= 0.6 is 0 Å². The third-order valence-electron chi connectivity index (χ3n) is 1.39. The molecule has 1 rings (SSSR count). The SMILES string of the molecule is C/C(=N\Oc1ccccc1)C(N)=O. The second-order valence-electron chi connectivity index (χ2n) is 2.45. The highest BCUT2D eigenvalue weighted by Crippen LogP contribution is 2.08. The fourth-order valence-electron chi connectivity index (χ4n) is 0.648.